The van der Waals surface area contributed by atoms with Gasteiger partial charge in [0.1, 0.15) is 0 Å². The van der Waals surface area contributed by atoms with Crippen LogP contribution in [-0.4, -0.2) is 50.7 Å². The van der Waals surface area contributed by atoms with E-state index in [2.05, 4.69) is 22.5 Å². The van der Waals surface area contributed by atoms with Gasteiger partial charge in [-0.25, -0.2) is 0 Å². The molecule has 0 radical (unpaired) electrons. The van der Waals surface area contributed by atoms with Crippen molar-refractivity contribution >= 4 is 0 Å². The van der Waals surface area contributed by atoms with Gasteiger partial charge in [-0.15, -0.1) is 0 Å². The fourth-order valence-electron chi connectivity index (χ4n) is 2.52. The number of hydrogen-bond donors (Lipinski definition) is 2. The minimum absolute atomic E-state index is 0.628. The van der Waals surface area contributed by atoms with Crippen LogP contribution >= 0.6 is 0 Å². The molecule has 0 atom stereocenters. The second-order valence-electron chi connectivity index (χ2n) is 5.43. The number of nitrogens with one attached hydrogen (secondary N) is 2. The van der Waals surface area contributed by atoms with Gasteiger partial charge >= 0.3 is 0 Å². The van der Waals surface area contributed by atoms with Crippen molar-refractivity contribution in [2.24, 2.45) is 5.41 Å². The highest BCUT2D eigenvalue weighted by Gasteiger charge is 2.30. The Hall–Kier alpha value is -0.120. The molecule has 0 aromatic rings. The van der Waals surface area contributed by atoms with E-state index in [1.165, 1.54) is 45.4 Å². The van der Waals surface area contributed by atoms with Crippen molar-refractivity contribution in [2.45, 2.75) is 26.2 Å². The molecule has 0 spiro atoms. The lowest BCUT2D eigenvalue weighted by molar-refractivity contribution is 0.153. The first kappa shape index (κ1) is 11.4. The lowest BCUT2D eigenvalue weighted by Gasteiger charge is -2.39. The Morgan fingerprint density at radius 1 is 1.27 bits per heavy atom. The van der Waals surface area contributed by atoms with E-state index in [0.29, 0.717) is 5.41 Å². The summed E-state index contributed by atoms with van der Waals surface area (Å²) in [5, 5.41) is 7.00. The molecule has 0 unspecified atom stereocenters. The molecule has 2 N–H and O–H groups in total. The topological polar surface area (TPSA) is 27.3 Å². The Morgan fingerprint density at radius 3 is 2.60 bits per heavy atom. The van der Waals surface area contributed by atoms with Crippen molar-refractivity contribution < 1.29 is 0 Å². The van der Waals surface area contributed by atoms with Crippen molar-refractivity contribution in [1.29, 1.82) is 0 Å². The molecule has 1 saturated heterocycles. The summed E-state index contributed by atoms with van der Waals surface area (Å²) >= 11 is 0. The number of nitrogens with zero attached hydrogens (tertiary/aromatic N) is 1. The second kappa shape index (κ2) is 5.28. The van der Waals surface area contributed by atoms with Crippen molar-refractivity contribution in [2.75, 3.05) is 45.8 Å². The molecule has 88 valence electrons. The molecular weight excluding hydrogens is 186 g/mol. The van der Waals surface area contributed by atoms with Gasteiger partial charge in [0.25, 0.3) is 0 Å². The molecule has 2 aliphatic rings. The summed E-state index contributed by atoms with van der Waals surface area (Å²) in [5.74, 6) is 0. The second-order valence-corrected chi connectivity index (χ2v) is 5.43. The minimum Gasteiger partial charge on any atom is -0.315 e. The van der Waals surface area contributed by atoms with Gasteiger partial charge in [-0.2, -0.15) is 0 Å². The molecule has 15 heavy (non-hydrogen) atoms. The average molecular weight is 211 g/mol. The largest absolute Gasteiger partial charge is 0.315 e. The average Bonchev–Trinajstić information content (AvgIpc) is 2.23. The van der Waals surface area contributed by atoms with Gasteiger partial charge in [-0.1, -0.05) is 13.3 Å². The summed E-state index contributed by atoms with van der Waals surface area (Å²) in [6, 6.07) is 0. The predicted octanol–water partition coefficient (Wildman–Crippen LogP) is 0.671. The minimum atomic E-state index is 0.628. The highest BCUT2D eigenvalue weighted by molar-refractivity contribution is 4.85. The van der Waals surface area contributed by atoms with Gasteiger partial charge in [0, 0.05) is 45.8 Å². The number of rotatable bonds is 5. The van der Waals surface area contributed by atoms with Gasteiger partial charge in [0.05, 0.1) is 0 Å². The van der Waals surface area contributed by atoms with Crippen LogP contribution in [0.4, 0.5) is 0 Å². The first-order valence-corrected chi connectivity index (χ1v) is 6.42. The van der Waals surface area contributed by atoms with Crippen LogP contribution in [-0.2, 0) is 0 Å². The molecule has 1 aliphatic heterocycles. The van der Waals surface area contributed by atoms with E-state index < -0.39 is 0 Å². The van der Waals surface area contributed by atoms with Crippen molar-refractivity contribution in [3.63, 3.8) is 0 Å². The first-order chi connectivity index (χ1) is 7.29. The molecule has 0 aromatic heterocycles. The van der Waals surface area contributed by atoms with E-state index >= 15 is 0 Å². The molecule has 1 heterocycles. The van der Waals surface area contributed by atoms with Crippen LogP contribution in [0.5, 0.6) is 0 Å². The van der Waals surface area contributed by atoms with E-state index in [-0.39, 0.29) is 0 Å². The molecule has 1 saturated carbocycles. The molecule has 3 heteroatoms. The standard InChI is InChI=1S/C12H25N3/c1-12(3-2-4-12)11-14-7-10-15-8-5-13-6-9-15/h13-14H,2-11H2,1H3. The van der Waals surface area contributed by atoms with Crippen molar-refractivity contribution in [3.8, 4) is 0 Å². The maximum Gasteiger partial charge on any atom is 0.0108 e. The van der Waals surface area contributed by atoms with Crippen LogP contribution in [0.15, 0.2) is 0 Å². The molecule has 0 bridgehead atoms. The smallest absolute Gasteiger partial charge is 0.0108 e. The Balaban J connectivity index is 1.50. The summed E-state index contributed by atoms with van der Waals surface area (Å²) in [7, 11) is 0. The highest BCUT2D eigenvalue weighted by Crippen LogP contribution is 2.39. The fourth-order valence-corrected chi connectivity index (χ4v) is 2.52. The van der Waals surface area contributed by atoms with Gasteiger partial charge < -0.3 is 10.6 Å². The molecule has 2 fully saturated rings. The molecule has 0 amide bonds. The molecule has 3 nitrogen and oxygen atoms in total. The summed E-state index contributed by atoms with van der Waals surface area (Å²) in [6.07, 6.45) is 4.29. The van der Waals surface area contributed by atoms with E-state index in [4.69, 9.17) is 0 Å². The van der Waals surface area contributed by atoms with E-state index in [1.807, 2.05) is 0 Å². The zero-order valence-corrected chi connectivity index (χ0v) is 10.0. The summed E-state index contributed by atoms with van der Waals surface area (Å²) in [6.45, 7) is 10.8. The lowest BCUT2D eigenvalue weighted by Crippen LogP contribution is -2.47. The lowest BCUT2D eigenvalue weighted by atomic mass is 9.70. The third-order valence-electron chi connectivity index (χ3n) is 3.93. The van der Waals surface area contributed by atoms with Gasteiger partial charge in [-0.05, 0) is 18.3 Å². The Morgan fingerprint density at radius 2 is 2.00 bits per heavy atom. The summed E-state index contributed by atoms with van der Waals surface area (Å²) in [4.78, 5) is 2.55. The number of piperazine rings is 1. The summed E-state index contributed by atoms with van der Waals surface area (Å²) < 4.78 is 0. The van der Waals surface area contributed by atoms with Crippen LogP contribution in [0.25, 0.3) is 0 Å². The quantitative estimate of drug-likeness (QED) is 0.655. The molecule has 1 aliphatic carbocycles. The normalized spacial score (nSPS) is 26.2. The number of hydrogen-bond acceptors (Lipinski definition) is 3. The van der Waals surface area contributed by atoms with Crippen LogP contribution in [0.2, 0.25) is 0 Å². The van der Waals surface area contributed by atoms with E-state index in [9.17, 15) is 0 Å². The molecular formula is C12H25N3. The van der Waals surface area contributed by atoms with E-state index in [1.54, 1.807) is 0 Å². The monoisotopic (exact) mass is 211 g/mol. The van der Waals surface area contributed by atoms with Gasteiger partial charge in [0.15, 0.2) is 0 Å². The Labute approximate surface area is 93.6 Å². The predicted molar refractivity (Wildman–Crippen MR) is 64.1 cm³/mol. The third kappa shape index (κ3) is 3.44. The fraction of sp³-hybridized carbons (Fsp3) is 1.00. The van der Waals surface area contributed by atoms with Gasteiger partial charge in [0.2, 0.25) is 0 Å². The van der Waals surface area contributed by atoms with Crippen LogP contribution < -0.4 is 10.6 Å². The Bertz CT molecular complexity index is 183. The third-order valence-corrected chi connectivity index (χ3v) is 3.93. The summed E-state index contributed by atoms with van der Waals surface area (Å²) in [5.41, 5.74) is 0.628. The van der Waals surface area contributed by atoms with Crippen LogP contribution in [0.3, 0.4) is 0 Å². The Kier molecular flexibility index (Phi) is 4.00. The van der Waals surface area contributed by atoms with E-state index in [0.717, 1.165) is 19.6 Å². The highest BCUT2D eigenvalue weighted by atomic mass is 15.2. The molecule has 0 aromatic carbocycles. The maximum atomic E-state index is 3.61. The van der Waals surface area contributed by atoms with Crippen molar-refractivity contribution in [3.05, 3.63) is 0 Å². The zero-order chi connectivity index (χ0) is 10.6. The molecule has 2 rings (SSSR count). The maximum absolute atomic E-state index is 3.61. The SMILES string of the molecule is CC1(CNCCN2CCNCC2)CCC1. The van der Waals surface area contributed by atoms with Crippen LogP contribution in [0, 0.1) is 5.41 Å². The zero-order valence-electron chi connectivity index (χ0n) is 10.0. The van der Waals surface area contributed by atoms with Crippen molar-refractivity contribution in [1.82, 2.24) is 15.5 Å². The van der Waals surface area contributed by atoms with Crippen LogP contribution in [0.1, 0.15) is 26.2 Å². The first-order valence-electron chi connectivity index (χ1n) is 6.42. The van der Waals surface area contributed by atoms with Gasteiger partial charge in [-0.3, -0.25) is 4.90 Å².